The van der Waals surface area contributed by atoms with Gasteiger partial charge in [0.15, 0.2) is 5.96 Å². The number of ether oxygens (including phenoxy) is 1. The molecule has 29 heavy (non-hydrogen) atoms. The molecule has 1 saturated carbocycles. The van der Waals surface area contributed by atoms with E-state index in [9.17, 15) is 4.79 Å². The van der Waals surface area contributed by atoms with Gasteiger partial charge in [0.2, 0.25) is 11.8 Å². The van der Waals surface area contributed by atoms with E-state index >= 15 is 0 Å². The first-order valence-electron chi connectivity index (χ1n) is 10.1. The topological polar surface area (TPSA) is 90.9 Å². The van der Waals surface area contributed by atoms with Crippen molar-refractivity contribution in [3.05, 3.63) is 23.9 Å². The molecule has 3 rings (SSSR count). The van der Waals surface area contributed by atoms with E-state index in [4.69, 9.17) is 4.74 Å². The average Bonchev–Trinajstić information content (AvgIpc) is 3.55. The van der Waals surface area contributed by atoms with Crippen molar-refractivity contribution in [1.29, 1.82) is 0 Å². The predicted molar refractivity (Wildman–Crippen MR) is 125 cm³/mol. The fourth-order valence-electron chi connectivity index (χ4n) is 3.22. The van der Waals surface area contributed by atoms with E-state index in [1.54, 1.807) is 20.3 Å². The Morgan fingerprint density at radius 2 is 2.07 bits per heavy atom. The number of likely N-dealkylation sites (N-methyl/N-ethyl adjacent to an activating group) is 1. The van der Waals surface area contributed by atoms with Crippen molar-refractivity contribution >= 4 is 35.8 Å². The Labute approximate surface area is 190 Å². The van der Waals surface area contributed by atoms with Crippen LogP contribution in [0, 0.1) is 5.92 Å². The highest BCUT2D eigenvalue weighted by Gasteiger charge is 2.22. The Morgan fingerprint density at radius 1 is 1.31 bits per heavy atom. The zero-order valence-electron chi connectivity index (χ0n) is 17.3. The third-order valence-electron chi connectivity index (χ3n) is 5.22. The molecule has 0 bridgehead atoms. The average molecular weight is 516 g/mol. The second-order valence-electron chi connectivity index (χ2n) is 7.55. The van der Waals surface area contributed by atoms with Crippen molar-refractivity contribution in [1.82, 2.24) is 25.8 Å². The summed E-state index contributed by atoms with van der Waals surface area (Å²) in [4.78, 5) is 22.3. The molecule has 1 aliphatic carbocycles. The minimum atomic E-state index is 0. The Balaban J connectivity index is 0.00000300. The van der Waals surface area contributed by atoms with Crippen LogP contribution in [0.3, 0.4) is 0 Å². The zero-order valence-corrected chi connectivity index (χ0v) is 19.6. The van der Waals surface area contributed by atoms with Crippen molar-refractivity contribution in [3.8, 4) is 5.88 Å². The van der Waals surface area contributed by atoms with Crippen LogP contribution in [0.5, 0.6) is 5.88 Å². The van der Waals surface area contributed by atoms with Gasteiger partial charge in [0.05, 0.1) is 13.2 Å². The molecule has 2 aliphatic rings. The molecule has 1 saturated heterocycles. The van der Waals surface area contributed by atoms with Gasteiger partial charge in [0.1, 0.15) is 0 Å². The Kier molecular flexibility index (Phi) is 9.92. The van der Waals surface area contributed by atoms with E-state index in [0.29, 0.717) is 25.0 Å². The summed E-state index contributed by atoms with van der Waals surface area (Å²) in [5, 5.41) is 9.54. The number of hydrogen-bond acceptors (Lipinski definition) is 5. The van der Waals surface area contributed by atoms with Crippen LogP contribution >= 0.6 is 24.0 Å². The lowest BCUT2D eigenvalue weighted by Crippen LogP contribution is -2.49. The van der Waals surface area contributed by atoms with Gasteiger partial charge in [-0.25, -0.2) is 4.98 Å². The molecule has 1 aromatic rings. The van der Waals surface area contributed by atoms with E-state index in [1.165, 1.54) is 12.8 Å². The lowest BCUT2D eigenvalue weighted by Gasteiger charge is -2.32. The highest BCUT2D eigenvalue weighted by Crippen LogP contribution is 2.29. The number of nitrogens with zero attached hydrogens (tertiary/aromatic N) is 3. The number of halogens is 1. The predicted octanol–water partition coefficient (Wildman–Crippen LogP) is 1.36. The van der Waals surface area contributed by atoms with Gasteiger partial charge in [-0.3, -0.25) is 14.7 Å². The summed E-state index contributed by atoms with van der Waals surface area (Å²) in [6.07, 6.45) is 6.32. The van der Waals surface area contributed by atoms with Crippen LogP contribution in [-0.2, 0) is 11.3 Å². The molecule has 8 nitrogen and oxygen atoms in total. The fourth-order valence-corrected chi connectivity index (χ4v) is 3.22. The SMILES string of the molecule is CN=C(NCc1ccnc(OCC2CC2)c1)NC1CCN(CC(=O)NC)CC1.I. The Bertz CT molecular complexity index is 675. The first-order chi connectivity index (χ1) is 13.7. The largest absolute Gasteiger partial charge is 0.477 e. The van der Waals surface area contributed by atoms with Crippen molar-refractivity contribution in [2.24, 2.45) is 10.9 Å². The first kappa shape index (κ1) is 23.7. The quantitative estimate of drug-likeness (QED) is 0.275. The number of amides is 1. The molecule has 2 heterocycles. The van der Waals surface area contributed by atoms with Crippen molar-refractivity contribution < 1.29 is 9.53 Å². The minimum Gasteiger partial charge on any atom is -0.477 e. The molecular formula is C20H33IN6O2. The monoisotopic (exact) mass is 516 g/mol. The van der Waals surface area contributed by atoms with E-state index < -0.39 is 0 Å². The number of aliphatic imine (C=N–C) groups is 1. The van der Waals surface area contributed by atoms with Crippen LogP contribution in [0.15, 0.2) is 23.3 Å². The second-order valence-corrected chi connectivity index (χ2v) is 7.55. The molecule has 0 unspecified atom stereocenters. The van der Waals surface area contributed by atoms with Crippen molar-refractivity contribution in [2.45, 2.75) is 38.3 Å². The number of carbonyl (C=O) groups excluding carboxylic acids is 1. The number of carbonyl (C=O) groups is 1. The van der Waals surface area contributed by atoms with Crippen LogP contribution in [0.1, 0.15) is 31.2 Å². The summed E-state index contributed by atoms with van der Waals surface area (Å²) in [6.45, 7) is 3.73. The lowest BCUT2D eigenvalue weighted by atomic mass is 10.1. The number of rotatable bonds is 8. The fraction of sp³-hybridized carbons (Fsp3) is 0.650. The van der Waals surface area contributed by atoms with E-state index in [-0.39, 0.29) is 29.9 Å². The Hall–Kier alpha value is -1.62. The number of nitrogens with one attached hydrogen (secondary N) is 3. The summed E-state index contributed by atoms with van der Waals surface area (Å²) >= 11 is 0. The van der Waals surface area contributed by atoms with Crippen molar-refractivity contribution in [2.75, 3.05) is 40.3 Å². The minimum absolute atomic E-state index is 0. The molecule has 1 aromatic heterocycles. The molecule has 0 aromatic carbocycles. The maximum atomic E-state index is 11.5. The number of likely N-dealkylation sites (tertiary alicyclic amines) is 1. The zero-order chi connectivity index (χ0) is 19.8. The molecule has 0 atom stereocenters. The summed E-state index contributed by atoms with van der Waals surface area (Å²) in [6, 6.07) is 4.34. The van der Waals surface area contributed by atoms with Crippen LogP contribution < -0.4 is 20.7 Å². The molecule has 0 spiro atoms. The smallest absolute Gasteiger partial charge is 0.233 e. The third kappa shape index (κ3) is 8.33. The van der Waals surface area contributed by atoms with E-state index in [2.05, 4.69) is 30.8 Å². The van der Waals surface area contributed by atoms with Gasteiger partial charge in [0.25, 0.3) is 0 Å². The number of piperidine rings is 1. The standard InChI is InChI=1S/C20H32N6O2.HI/c1-21-18(27)13-26-9-6-17(7-10-26)25-20(22-2)24-12-16-5-8-23-19(11-16)28-14-15-3-4-15;/h5,8,11,15,17H,3-4,6-7,9-10,12-14H2,1-2H3,(H,21,27)(H2,22,24,25);1H. The number of hydrogen-bond donors (Lipinski definition) is 3. The maximum Gasteiger partial charge on any atom is 0.233 e. The molecule has 9 heteroatoms. The number of aromatic nitrogens is 1. The Morgan fingerprint density at radius 3 is 2.72 bits per heavy atom. The lowest BCUT2D eigenvalue weighted by molar-refractivity contribution is -0.122. The highest BCUT2D eigenvalue weighted by atomic mass is 127. The maximum absolute atomic E-state index is 11.5. The van der Waals surface area contributed by atoms with E-state index in [1.807, 2.05) is 12.1 Å². The van der Waals surface area contributed by atoms with Crippen LogP contribution in [0.4, 0.5) is 0 Å². The van der Waals surface area contributed by atoms with Gasteiger partial charge < -0.3 is 20.7 Å². The molecule has 3 N–H and O–H groups in total. The van der Waals surface area contributed by atoms with Gasteiger partial charge in [-0.15, -0.1) is 24.0 Å². The second kappa shape index (κ2) is 12.2. The molecule has 1 amide bonds. The normalized spacial score (nSPS) is 17.9. The molecular weight excluding hydrogens is 483 g/mol. The van der Waals surface area contributed by atoms with Gasteiger partial charge in [0, 0.05) is 52.0 Å². The van der Waals surface area contributed by atoms with Gasteiger partial charge >= 0.3 is 0 Å². The van der Waals surface area contributed by atoms with Crippen LogP contribution in [-0.4, -0.2) is 68.1 Å². The van der Waals surface area contributed by atoms with E-state index in [0.717, 1.165) is 50.0 Å². The molecule has 162 valence electrons. The summed E-state index contributed by atoms with van der Waals surface area (Å²) < 4.78 is 5.75. The van der Waals surface area contributed by atoms with Gasteiger partial charge in [-0.05, 0) is 43.2 Å². The molecule has 1 aliphatic heterocycles. The molecule has 2 fully saturated rings. The van der Waals surface area contributed by atoms with Crippen molar-refractivity contribution in [3.63, 3.8) is 0 Å². The first-order valence-corrected chi connectivity index (χ1v) is 10.1. The molecule has 0 radical (unpaired) electrons. The number of guanidine groups is 1. The van der Waals surface area contributed by atoms with Gasteiger partial charge in [-0.1, -0.05) is 0 Å². The number of pyridine rings is 1. The van der Waals surface area contributed by atoms with Crippen LogP contribution in [0.2, 0.25) is 0 Å². The summed E-state index contributed by atoms with van der Waals surface area (Å²) in [7, 11) is 3.46. The highest BCUT2D eigenvalue weighted by molar-refractivity contribution is 14.0. The summed E-state index contributed by atoms with van der Waals surface area (Å²) in [5.74, 6) is 2.27. The van der Waals surface area contributed by atoms with Gasteiger partial charge in [-0.2, -0.15) is 0 Å². The third-order valence-corrected chi connectivity index (χ3v) is 5.22. The van der Waals surface area contributed by atoms with Crippen LogP contribution in [0.25, 0.3) is 0 Å². The summed E-state index contributed by atoms with van der Waals surface area (Å²) in [5.41, 5.74) is 1.11.